The lowest BCUT2D eigenvalue weighted by molar-refractivity contribution is -0.115. The monoisotopic (exact) mass is 658 g/mol. The molecule has 1 heterocycles. The molecule has 1 unspecified atom stereocenters. The molecule has 42 heavy (non-hydrogen) atoms. The molecule has 0 aliphatic heterocycles. The molecule has 4 aromatic carbocycles. The van der Waals surface area contributed by atoms with E-state index in [9.17, 15) is 4.79 Å². The summed E-state index contributed by atoms with van der Waals surface area (Å²) in [5.74, 6) is 0.388. The number of benzene rings is 4. The number of aromatic nitrogens is 1. The van der Waals surface area contributed by atoms with Gasteiger partial charge in [0.2, 0.25) is 5.91 Å². The lowest BCUT2D eigenvalue weighted by Gasteiger charge is -2.28. The zero-order valence-electron chi connectivity index (χ0n) is 23.3. The van der Waals surface area contributed by atoms with E-state index in [-0.39, 0.29) is 12.3 Å². The molecule has 5 aromatic rings. The van der Waals surface area contributed by atoms with Gasteiger partial charge in [-0.1, -0.05) is 91.0 Å². The number of hydrogen-bond acceptors (Lipinski definition) is 2. The molecule has 1 amide bonds. The maximum absolute atomic E-state index is 13.3. The fraction of sp³-hybridized carbons (Fsp3) is 0.158. The maximum atomic E-state index is 13.3. The van der Waals surface area contributed by atoms with Crippen molar-refractivity contribution in [1.29, 1.82) is 0 Å². The van der Waals surface area contributed by atoms with Crippen molar-refractivity contribution < 1.29 is 4.79 Å². The minimum absolute atomic E-state index is 0.0479. The fourth-order valence-electron chi connectivity index (χ4n) is 6.68. The molecule has 7 rings (SSSR count). The highest BCUT2D eigenvalue weighted by molar-refractivity contribution is 14.1. The van der Waals surface area contributed by atoms with Gasteiger partial charge in [0.05, 0.1) is 17.8 Å². The number of rotatable bonds is 6. The Balaban J connectivity index is 1.37. The van der Waals surface area contributed by atoms with Gasteiger partial charge in [-0.05, 0) is 116 Å². The van der Waals surface area contributed by atoms with Crippen molar-refractivity contribution in [1.82, 2.24) is 4.98 Å². The smallest absolute Gasteiger partial charge is 0.230 e. The first-order valence-electron chi connectivity index (χ1n) is 14.6. The van der Waals surface area contributed by atoms with Crippen LogP contribution in [0.5, 0.6) is 0 Å². The van der Waals surface area contributed by atoms with Crippen LogP contribution < -0.4 is 15.8 Å². The molecule has 0 fully saturated rings. The van der Waals surface area contributed by atoms with Crippen LogP contribution in [0, 0.1) is 3.57 Å². The van der Waals surface area contributed by atoms with Crippen molar-refractivity contribution in [2.45, 2.75) is 38.0 Å². The minimum Gasteiger partial charge on any atom is -0.325 e. The Morgan fingerprint density at radius 2 is 1.62 bits per heavy atom. The second kappa shape index (κ2) is 11.7. The zero-order valence-corrected chi connectivity index (χ0v) is 25.5. The third-order valence-corrected chi connectivity index (χ3v) is 9.55. The van der Waals surface area contributed by atoms with E-state index in [1.165, 1.54) is 43.8 Å². The molecule has 2 aliphatic rings. The summed E-state index contributed by atoms with van der Waals surface area (Å²) in [6.45, 7) is 0. The third kappa shape index (κ3) is 5.20. The first-order chi connectivity index (χ1) is 20.7. The molecule has 0 bridgehead atoms. The van der Waals surface area contributed by atoms with Crippen LogP contribution in [0.1, 0.15) is 46.7 Å². The fourth-order valence-corrected chi connectivity index (χ4v) is 7.20. The van der Waals surface area contributed by atoms with Crippen LogP contribution in [0.2, 0.25) is 0 Å². The van der Waals surface area contributed by atoms with Crippen LogP contribution in [0.3, 0.4) is 0 Å². The van der Waals surface area contributed by atoms with Crippen molar-refractivity contribution in [2.24, 2.45) is 0 Å². The van der Waals surface area contributed by atoms with Crippen molar-refractivity contribution >= 4 is 45.8 Å². The molecule has 2 aliphatic carbocycles. The van der Waals surface area contributed by atoms with E-state index in [2.05, 4.69) is 107 Å². The standard InChI is InChI=1S/C38H31IN2O/c39-34-14-6-7-15-35(34)41-37(42)24-36-31(13-8-22-40-36)33-19-17-27(23-25-9-2-1-3-10-25)29-20-21-30-28-12-5-4-11-26(28)16-18-32(30)38(29)33/h1-15,18,20-22,27H,16-17,19,23-24H2,(H,41,42). The van der Waals surface area contributed by atoms with Crippen LogP contribution in [0.4, 0.5) is 5.69 Å². The molecule has 3 nitrogen and oxygen atoms in total. The van der Waals surface area contributed by atoms with Gasteiger partial charge in [0.15, 0.2) is 0 Å². The number of para-hydroxylation sites is 1. The average Bonchev–Trinajstić information content (AvgIpc) is 3.03. The Labute approximate surface area is 260 Å². The second-order valence-corrected chi connectivity index (χ2v) is 12.3. The number of carbonyl (C=O) groups is 1. The van der Waals surface area contributed by atoms with Gasteiger partial charge < -0.3 is 5.32 Å². The topological polar surface area (TPSA) is 42.0 Å². The summed E-state index contributed by atoms with van der Waals surface area (Å²) in [6, 6.07) is 36.4. The lowest BCUT2D eigenvalue weighted by atomic mass is 9.76. The molecular formula is C38H31IN2O. The quantitative estimate of drug-likeness (QED) is 0.197. The number of fused-ring (bicyclic) bond motifs is 5. The summed E-state index contributed by atoms with van der Waals surface area (Å²) < 4.78 is 1.02. The summed E-state index contributed by atoms with van der Waals surface area (Å²) >= 11 is 2.26. The van der Waals surface area contributed by atoms with Gasteiger partial charge in [-0.15, -0.1) is 0 Å². The highest BCUT2D eigenvalue weighted by Gasteiger charge is 2.26. The highest BCUT2D eigenvalue weighted by Crippen LogP contribution is 2.34. The van der Waals surface area contributed by atoms with Gasteiger partial charge in [0.1, 0.15) is 0 Å². The van der Waals surface area contributed by atoms with Gasteiger partial charge in [-0.25, -0.2) is 0 Å². The predicted molar refractivity (Wildman–Crippen MR) is 180 cm³/mol. The van der Waals surface area contributed by atoms with E-state index in [0.29, 0.717) is 5.92 Å². The molecule has 0 saturated carbocycles. The Morgan fingerprint density at radius 3 is 2.50 bits per heavy atom. The van der Waals surface area contributed by atoms with Crippen molar-refractivity contribution in [2.75, 3.05) is 5.32 Å². The molecule has 1 aromatic heterocycles. The van der Waals surface area contributed by atoms with Gasteiger partial charge in [-0.2, -0.15) is 0 Å². The summed E-state index contributed by atoms with van der Waals surface area (Å²) in [4.78, 5) is 18.0. The largest absolute Gasteiger partial charge is 0.325 e. The maximum Gasteiger partial charge on any atom is 0.230 e. The summed E-state index contributed by atoms with van der Waals surface area (Å²) in [7, 11) is 0. The lowest BCUT2D eigenvalue weighted by Crippen LogP contribution is -2.38. The summed E-state index contributed by atoms with van der Waals surface area (Å²) in [5.41, 5.74) is 10.9. The third-order valence-electron chi connectivity index (χ3n) is 8.61. The number of pyridine rings is 1. The number of anilines is 1. The second-order valence-electron chi connectivity index (χ2n) is 11.2. The molecule has 4 heteroatoms. The molecule has 0 radical (unpaired) electrons. The molecule has 206 valence electrons. The van der Waals surface area contributed by atoms with Gasteiger partial charge in [0, 0.05) is 15.3 Å². The summed E-state index contributed by atoms with van der Waals surface area (Å²) in [6.07, 6.45) is 8.42. The summed E-state index contributed by atoms with van der Waals surface area (Å²) in [5, 5.41) is 5.78. The number of halogens is 1. The van der Waals surface area contributed by atoms with Crippen LogP contribution >= 0.6 is 22.6 Å². The van der Waals surface area contributed by atoms with Gasteiger partial charge >= 0.3 is 0 Å². The van der Waals surface area contributed by atoms with Crippen LogP contribution in [-0.4, -0.2) is 10.9 Å². The number of nitrogens with zero attached hydrogens (tertiary/aromatic N) is 1. The molecule has 0 saturated heterocycles. The Morgan fingerprint density at radius 1 is 0.833 bits per heavy atom. The van der Waals surface area contributed by atoms with E-state index >= 15 is 0 Å². The van der Waals surface area contributed by atoms with E-state index in [1.54, 1.807) is 0 Å². The molecule has 0 spiro atoms. The SMILES string of the molecule is O=C(Cc1ncccc1C1=c2c(ccc3c2=CCc2ccccc2-3)C(Cc2ccccc2)CC1)Nc1ccccc1I. The number of hydrogen-bond donors (Lipinski definition) is 1. The van der Waals surface area contributed by atoms with E-state index in [0.717, 1.165) is 46.2 Å². The molecule has 1 N–H and O–H groups in total. The van der Waals surface area contributed by atoms with E-state index < -0.39 is 0 Å². The van der Waals surface area contributed by atoms with Crippen molar-refractivity contribution in [3.63, 3.8) is 0 Å². The molecular weight excluding hydrogens is 627 g/mol. The predicted octanol–water partition coefficient (Wildman–Crippen LogP) is 7.19. The Kier molecular flexibility index (Phi) is 7.47. The van der Waals surface area contributed by atoms with E-state index in [1.807, 2.05) is 36.5 Å². The van der Waals surface area contributed by atoms with Crippen LogP contribution in [0.15, 0.2) is 109 Å². The van der Waals surface area contributed by atoms with Gasteiger partial charge in [0.25, 0.3) is 0 Å². The first kappa shape index (κ1) is 26.8. The zero-order chi connectivity index (χ0) is 28.5. The van der Waals surface area contributed by atoms with E-state index in [4.69, 9.17) is 4.98 Å². The van der Waals surface area contributed by atoms with Crippen LogP contribution in [-0.2, 0) is 24.1 Å². The average molecular weight is 659 g/mol. The number of amides is 1. The molecule has 1 atom stereocenters. The number of nitrogens with one attached hydrogen (secondary N) is 1. The van der Waals surface area contributed by atoms with Crippen molar-refractivity contribution in [3.05, 3.63) is 151 Å². The number of carbonyl (C=O) groups excluding carboxylic acids is 1. The van der Waals surface area contributed by atoms with Gasteiger partial charge in [-0.3, -0.25) is 9.78 Å². The normalized spacial score (nSPS) is 15.2. The van der Waals surface area contributed by atoms with Crippen molar-refractivity contribution in [3.8, 4) is 11.1 Å². The minimum atomic E-state index is -0.0479. The van der Waals surface area contributed by atoms with Crippen LogP contribution in [0.25, 0.3) is 22.8 Å². The first-order valence-corrected chi connectivity index (χ1v) is 15.7. The Hall–Kier alpha value is -4.03. The highest BCUT2D eigenvalue weighted by atomic mass is 127. The Bertz CT molecular complexity index is 1930.